The predicted molar refractivity (Wildman–Crippen MR) is 97.2 cm³/mol. The van der Waals surface area contributed by atoms with Crippen LogP contribution in [0.4, 0.5) is 18.9 Å². The Morgan fingerprint density at radius 3 is 2.26 bits per heavy atom. The first kappa shape index (κ1) is 19.0. The fourth-order valence-corrected chi connectivity index (χ4v) is 3.18. The number of hydrogen-bond donors (Lipinski definition) is 1. The number of halogens is 3. The van der Waals surface area contributed by atoms with Crippen molar-refractivity contribution in [3.63, 3.8) is 0 Å². The molecule has 0 saturated carbocycles. The Labute approximate surface area is 153 Å². The molecule has 0 atom stereocenters. The van der Waals surface area contributed by atoms with Crippen LogP contribution in [0.5, 0.6) is 5.75 Å². The van der Waals surface area contributed by atoms with E-state index < -0.39 is 21.8 Å². The minimum Gasteiger partial charge on any atom is -0.496 e. The summed E-state index contributed by atoms with van der Waals surface area (Å²) < 4.78 is 68.7. The minimum atomic E-state index is -4.42. The number of nitrogens with one attached hydrogen (secondary N) is 1. The van der Waals surface area contributed by atoms with Crippen molar-refractivity contribution in [1.29, 1.82) is 0 Å². The van der Waals surface area contributed by atoms with Gasteiger partial charge >= 0.3 is 6.18 Å². The van der Waals surface area contributed by atoms with Crippen molar-refractivity contribution in [3.05, 3.63) is 54.1 Å². The van der Waals surface area contributed by atoms with Gasteiger partial charge in [-0.3, -0.25) is 4.72 Å². The van der Waals surface area contributed by atoms with Crippen LogP contribution in [0, 0.1) is 0 Å². The average Bonchev–Trinajstić information content (AvgIpc) is 2.58. The summed E-state index contributed by atoms with van der Waals surface area (Å²) in [6.07, 6.45) is -3.39. The van der Waals surface area contributed by atoms with Crippen molar-refractivity contribution in [1.82, 2.24) is 4.98 Å². The van der Waals surface area contributed by atoms with Crippen LogP contribution in [0.15, 0.2) is 48.5 Å². The minimum absolute atomic E-state index is 0.323. The standard InChI is InChI=1S/C18H15F3N2O3S/c1-26-17-10-15(11-3-5-12(6-4-11)18(19,20)21)22-16-9-13(7-8-14(16)17)23-27(2,24)25/h3-10,23H,1-2H3. The van der Waals surface area contributed by atoms with Crippen LogP contribution in [0.3, 0.4) is 0 Å². The molecule has 9 heteroatoms. The molecule has 3 rings (SSSR count). The lowest BCUT2D eigenvalue weighted by atomic mass is 10.1. The Morgan fingerprint density at radius 1 is 1.04 bits per heavy atom. The van der Waals surface area contributed by atoms with Gasteiger partial charge in [0.05, 0.1) is 35.8 Å². The summed E-state index contributed by atoms with van der Waals surface area (Å²) in [4.78, 5) is 4.44. The first-order valence-electron chi connectivity index (χ1n) is 7.71. The number of sulfonamides is 1. The van der Waals surface area contributed by atoms with Crippen molar-refractivity contribution in [2.45, 2.75) is 6.18 Å². The van der Waals surface area contributed by atoms with Crippen LogP contribution in [-0.4, -0.2) is 26.8 Å². The lowest BCUT2D eigenvalue weighted by Gasteiger charge is -2.12. The van der Waals surface area contributed by atoms with Gasteiger partial charge in [-0.25, -0.2) is 13.4 Å². The highest BCUT2D eigenvalue weighted by atomic mass is 32.2. The van der Waals surface area contributed by atoms with E-state index >= 15 is 0 Å². The van der Waals surface area contributed by atoms with E-state index in [4.69, 9.17) is 4.74 Å². The summed E-state index contributed by atoms with van der Waals surface area (Å²) in [5, 5.41) is 0.646. The largest absolute Gasteiger partial charge is 0.496 e. The van der Waals surface area contributed by atoms with Gasteiger partial charge in [0.15, 0.2) is 0 Å². The molecule has 0 fully saturated rings. The zero-order chi connectivity index (χ0) is 19.8. The normalized spacial score (nSPS) is 12.2. The van der Waals surface area contributed by atoms with Crippen LogP contribution < -0.4 is 9.46 Å². The van der Waals surface area contributed by atoms with E-state index in [1.807, 2.05) is 0 Å². The predicted octanol–water partition coefficient (Wildman–Crippen LogP) is 4.30. The van der Waals surface area contributed by atoms with E-state index in [9.17, 15) is 21.6 Å². The highest BCUT2D eigenvalue weighted by Crippen LogP contribution is 2.34. The van der Waals surface area contributed by atoms with E-state index in [-0.39, 0.29) is 0 Å². The Kier molecular flexibility index (Phi) is 4.73. The SMILES string of the molecule is COc1cc(-c2ccc(C(F)(F)F)cc2)nc2cc(NS(C)(=O)=O)ccc12. The first-order chi connectivity index (χ1) is 12.6. The van der Waals surface area contributed by atoms with E-state index in [2.05, 4.69) is 9.71 Å². The maximum Gasteiger partial charge on any atom is 0.416 e. The van der Waals surface area contributed by atoms with Crippen LogP contribution in [0.25, 0.3) is 22.2 Å². The Morgan fingerprint density at radius 2 is 1.70 bits per heavy atom. The second kappa shape index (κ2) is 6.73. The highest BCUT2D eigenvalue weighted by molar-refractivity contribution is 7.92. The number of nitrogens with zero attached hydrogens (tertiary/aromatic N) is 1. The zero-order valence-corrected chi connectivity index (χ0v) is 15.1. The molecule has 0 bridgehead atoms. The Bertz CT molecular complexity index is 1100. The number of methoxy groups -OCH3 is 1. The molecule has 27 heavy (non-hydrogen) atoms. The number of rotatable bonds is 4. The van der Waals surface area contributed by atoms with Crippen molar-refractivity contribution in [3.8, 4) is 17.0 Å². The van der Waals surface area contributed by atoms with E-state index in [0.29, 0.717) is 33.6 Å². The summed E-state index contributed by atoms with van der Waals surface area (Å²) in [5.74, 6) is 0.473. The van der Waals surface area contributed by atoms with Gasteiger partial charge in [0.25, 0.3) is 0 Å². The highest BCUT2D eigenvalue weighted by Gasteiger charge is 2.30. The van der Waals surface area contributed by atoms with Gasteiger partial charge in [-0.05, 0) is 30.3 Å². The fourth-order valence-electron chi connectivity index (χ4n) is 2.62. The molecule has 142 valence electrons. The molecule has 1 aromatic heterocycles. The number of pyridine rings is 1. The number of anilines is 1. The summed E-state index contributed by atoms with van der Waals surface area (Å²) >= 11 is 0. The quantitative estimate of drug-likeness (QED) is 0.714. The van der Waals surface area contributed by atoms with Gasteiger partial charge in [-0.15, -0.1) is 0 Å². The molecule has 0 aliphatic carbocycles. The summed E-state index contributed by atoms with van der Waals surface area (Å²) in [5.41, 5.74) is 0.898. The molecule has 0 unspecified atom stereocenters. The van der Waals surface area contributed by atoms with Gasteiger partial charge in [0.1, 0.15) is 5.75 Å². The summed E-state index contributed by atoms with van der Waals surface area (Å²) in [6.45, 7) is 0. The van der Waals surface area contributed by atoms with Crippen LogP contribution in [0.1, 0.15) is 5.56 Å². The number of alkyl halides is 3. The van der Waals surface area contributed by atoms with Crippen molar-refractivity contribution in [2.24, 2.45) is 0 Å². The molecule has 1 heterocycles. The number of aromatic nitrogens is 1. The maximum absolute atomic E-state index is 12.7. The molecule has 0 spiro atoms. The molecular weight excluding hydrogens is 381 g/mol. The lowest BCUT2D eigenvalue weighted by Crippen LogP contribution is -2.09. The number of ether oxygens (including phenoxy) is 1. The number of hydrogen-bond acceptors (Lipinski definition) is 4. The van der Waals surface area contributed by atoms with E-state index in [1.54, 1.807) is 18.2 Å². The molecular formula is C18H15F3N2O3S. The van der Waals surface area contributed by atoms with Crippen LogP contribution in [-0.2, 0) is 16.2 Å². The summed E-state index contributed by atoms with van der Waals surface area (Å²) in [6, 6.07) is 11.0. The van der Waals surface area contributed by atoms with Crippen LogP contribution >= 0.6 is 0 Å². The van der Waals surface area contributed by atoms with Gasteiger partial charge in [-0.1, -0.05) is 12.1 Å². The third kappa shape index (κ3) is 4.30. The smallest absolute Gasteiger partial charge is 0.416 e. The summed E-state index contributed by atoms with van der Waals surface area (Å²) in [7, 11) is -1.99. The Hall–Kier alpha value is -2.81. The zero-order valence-electron chi connectivity index (χ0n) is 14.3. The van der Waals surface area contributed by atoms with Gasteiger partial charge in [-0.2, -0.15) is 13.2 Å². The van der Waals surface area contributed by atoms with Crippen molar-refractivity contribution < 1.29 is 26.3 Å². The molecule has 5 nitrogen and oxygen atoms in total. The maximum atomic E-state index is 12.7. The second-order valence-electron chi connectivity index (χ2n) is 5.89. The van der Waals surface area contributed by atoms with E-state index in [1.165, 1.54) is 25.3 Å². The van der Waals surface area contributed by atoms with Gasteiger partial charge < -0.3 is 4.74 Å². The molecule has 2 aromatic carbocycles. The molecule has 0 radical (unpaired) electrons. The van der Waals surface area contributed by atoms with Crippen LogP contribution in [0.2, 0.25) is 0 Å². The number of fused-ring (bicyclic) bond motifs is 1. The third-order valence-electron chi connectivity index (χ3n) is 3.80. The average molecular weight is 396 g/mol. The molecule has 0 aliphatic heterocycles. The fraction of sp³-hybridized carbons (Fsp3) is 0.167. The van der Waals surface area contributed by atoms with Crippen molar-refractivity contribution in [2.75, 3.05) is 18.1 Å². The van der Waals surface area contributed by atoms with Crippen molar-refractivity contribution >= 4 is 26.6 Å². The third-order valence-corrected chi connectivity index (χ3v) is 4.41. The van der Waals surface area contributed by atoms with E-state index in [0.717, 1.165) is 18.4 Å². The monoisotopic (exact) mass is 396 g/mol. The topological polar surface area (TPSA) is 68.3 Å². The molecule has 0 aliphatic rings. The van der Waals surface area contributed by atoms with Gasteiger partial charge in [0, 0.05) is 17.0 Å². The first-order valence-corrected chi connectivity index (χ1v) is 9.60. The molecule has 0 saturated heterocycles. The van der Waals surface area contributed by atoms with Gasteiger partial charge in [0.2, 0.25) is 10.0 Å². The second-order valence-corrected chi connectivity index (χ2v) is 7.64. The molecule has 3 aromatic rings. The Balaban J connectivity index is 2.10. The number of benzene rings is 2. The molecule has 0 amide bonds. The molecule has 1 N–H and O–H groups in total. The lowest BCUT2D eigenvalue weighted by molar-refractivity contribution is -0.137.